The fraction of sp³-hybridized carbons (Fsp3) is 0.462. The van der Waals surface area contributed by atoms with Crippen molar-refractivity contribution in [3.05, 3.63) is 29.8 Å². The maximum absolute atomic E-state index is 11.7. The van der Waals surface area contributed by atoms with E-state index in [0.717, 1.165) is 11.3 Å². The summed E-state index contributed by atoms with van der Waals surface area (Å²) in [5, 5.41) is 2.88. The summed E-state index contributed by atoms with van der Waals surface area (Å²) in [5.74, 6) is 0.948. The zero-order chi connectivity index (χ0) is 12.7. The van der Waals surface area contributed by atoms with Gasteiger partial charge < -0.3 is 15.0 Å². The largest absolute Gasteiger partial charge is 0.497 e. The van der Waals surface area contributed by atoms with E-state index in [4.69, 9.17) is 4.74 Å². The van der Waals surface area contributed by atoms with E-state index in [1.54, 1.807) is 14.2 Å². The standard InChI is InChI=1S/C13H20N2O2/c1-4-15(13(16)9-14-2)10-11-5-7-12(17-3)8-6-11/h5-8,14H,4,9-10H2,1-3H3. The predicted octanol–water partition coefficient (Wildman–Crippen LogP) is 1.26. The Labute approximate surface area is 103 Å². The van der Waals surface area contributed by atoms with Crippen molar-refractivity contribution < 1.29 is 9.53 Å². The Kier molecular flexibility index (Phi) is 5.49. The number of ether oxygens (including phenoxy) is 1. The molecule has 4 nitrogen and oxygen atoms in total. The van der Waals surface area contributed by atoms with Crippen LogP contribution in [-0.2, 0) is 11.3 Å². The van der Waals surface area contributed by atoms with Crippen LogP contribution >= 0.6 is 0 Å². The summed E-state index contributed by atoms with van der Waals surface area (Å²) in [4.78, 5) is 13.6. The highest BCUT2D eigenvalue weighted by Crippen LogP contribution is 2.12. The maximum atomic E-state index is 11.7. The van der Waals surface area contributed by atoms with E-state index in [9.17, 15) is 4.79 Å². The second kappa shape index (κ2) is 6.91. The molecule has 4 heteroatoms. The molecule has 0 unspecified atom stereocenters. The normalized spacial score (nSPS) is 10.1. The lowest BCUT2D eigenvalue weighted by Gasteiger charge is -2.21. The molecule has 94 valence electrons. The molecule has 0 saturated carbocycles. The zero-order valence-electron chi connectivity index (χ0n) is 10.7. The first kappa shape index (κ1) is 13.5. The van der Waals surface area contributed by atoms with Crippen molar-refractivity contribution in [1.29, 1.82) is 0 Å². The minimum absolute atomic E-state index is 0.116. The van der Waals surface area contributed by atoms with Crippen LogP contribution in [0.15, 0.2) is 24.3 Å². The van der Waals surface area contributed by atoms with Gasteiger partial charge in [-0.3, -0.25) is 4.79 Å². The number of methoxy groups -OCH3 is 1. The Balaban J connectivity index is 2.63. The molecule has 0 radical (unpaired) electrons. The fourth-order valence-corrected chi connectivity index (χ4v) is 1.59. The van der Waals surface area contributed by atoms with Gasteiger partial charge in [0, 0.05) is 13.1 Å². The summed E-state index contributed by atoms with van der Waals surface area (Å²) in [6.07, 6.45) is 0. The highest BCUT2D eigenvalue weighted by molar-refractivity contribution is 5.78. The van der Waals surface area contributed by atoms with Crippen molar-refractivity contribution in [1.82, 2.24) is 10.2 Å². The molecule has 1 aromatic carbocycles. The molecule has 0 saturated heterocycles. The summed E-state index contributed by atoms with van der Waals surface area (Å²) in [5.41, 5.74) is 1.11. The predicted molar refractivity (Wildman–Crippen MR) is 68.0 cm³/mol. The SMILES string of the molecule is CCN(Cc1ccc(OC)cc1)C(=O)CNC. The van der Waals surface area contributed by atoms with E-state index >= 15 is 0 Å². The number of hydrogen-bond donors (Lipinski definition) is 1. The number of benzene rings is 1. The van der Waals surface area contributed by atoms with E-state index in [1.807, 2.05) is 36.1 Å². The number of carbonyl (C=O) groups excluding carboxylic acids is 1. The number of carbonyl (C=O) groups is 1. The van der Waals surface area contributed by atoms with Crippen molar-refractivity contribution in [2.24, 2.45) is 0 Å². The van der Waals surface area contributed by atoms with Gasteiger partial charge in [-0.15, -0.1) is 0 Å². The molecule has 0 spiro atoms. The Morgan fingerprint density at radius 2 is 2.00 bits per heavy atom. The van der Waals surface area contributed by atoms with E-state index in [2.05, 4.69) is 5.32 Å². The first-order valence-corrected chi connectivity index (χ1v) is 5.76. The van der Waals surface area contributed by atoms with Gasteiger partial charge in [0.2, 0.25) is 5.91 Å². The van der Waals surface area contributed by atoms with Crippen molar-refractivity contribution in [3.8, 4) is 5.75 Å². The second-order valence-electron chi connectivity index (χ2n) is 3.79. The quantitative estimate of drug-likeness (QED) is 0.808. The van der Waals surface area contributed by atoms with Gasteiger partial charge >= 0.3 is 0 Å². The van der Waals surface area contributed by atoms with Crippen LogP contribution in [0, 0.1) is 0 Å². The first-order valence-electron chi connectivity index (χ1n) is 5.76. The van der Waals surface area contributed by atoms with Crippen LogP contribution in [0.2, 0.25) is 0 Å². The Morgan fingerprint density at radius 3 is 2.47 bits per heavy atom. The van der Waals surface area contributed by atoms with Crippen molar-refractivity contribution in [3.63, 3.8) is 0 Å². The molecule has 1 aromatic rings. The first-order chi connectivity index (χ1) is 8.21. The van der Waals surface area contributed by atoms with Crippen LogP contribution in [0.4, 0.5) is 0 Å². The summed E-state index contributed by atoms with van der Waals surface area (Å²) < 4.78 is 5.10. The second-order valence-corrected chi connectivity index (χ2v) is 3.79. The molecule has 0 aromatic heterocycles. The lowest BCUT2D eigenvalue weighted by Crippen LogP contribution is -2.36. The average molecular weight is 236 g/mol. The summed E-state index contributed by atoms with van der Waals surface area (Å²) in [7, 11) is 3.42. The summed E-state index contributed by atoms with van der Waals surface area (Å²) in [6, 6.07) is 7.78. The Bertz CT molecular complexity index is 349. The third-order valence-corrected chi connectivity index (χ3v) is 2.59. The number of rotatable bonds is 6. The molecule has 0 bridgehead atoms. The van der Waals surface area contributed by atoms with Gasteiger partial charge in [0.1, 0.15) is 5.75 Å². The van der Waals surface area contributed by atoms with Crippen molar-refractivity contribution >= 4 is 5.91 Å². The average Bonchev–Trinajstić information content (AvgIpc) is 2.37. The van der Waals surface area contributed by atoms with E-state index < -0.39 is 0 Å². The molecule has 0 fully saturated rings. The molecular weight excluding hydrogens is 216 g/mol. The van der Waals surface area contributed by atoms with Gasteiger partial charge in [-0.1, -0.05) is 12.1 Å². The summed E-state index contributed by atoms with van der Waals surface area (Å²) >= 11 is 0. The van der Waals surface area contributed by atoms with Crippen LogP contribution in [0.25, 0.3) is 0 Å². The number of nitrogens with zero attached hydrogens (tertiary/aromatic N) is 1. The minimum atomic E-state index is 0.116. The minimum Gasteiger partial charge on any atom is -0.497 e. The van der Waals surface area contributed by atoms with Gasteiger partial charge in [-0.2, -0.15) is 0 Å². The fourth-order valence-electron chi connectivity index (χ4n) is 1.59. The van der Waals surface area contributed by atoms with Crippen LogP contribution in [0.3, 0.4) is 0 Å². The van der Waals surface area contributed by atoms with Crippen LogP contribution in [0.5, 0.6) is 5.75 Å². The highest BCUT2D eigenvalue weighted by Gasteiger charge is 2.10. The van der Waals surface area contributed by atoms with Gasteiger partial charge in [0.15, 0.2) is 0 Å². The third kappa shape index (κ3) is 4.07. The topological polar surface area (TPSA) is 41.6 Å². The number of amides is 1. The van der Waals surface area contributed by atoms with E-state index in [0.29, 0.717) is 19.6 Å². The Morgan fingerprint density at radius 1 is 1.35 bits per heavy atom. The number of nitrogens with one attached hydrogen (secondary N) is 1. The molecule has 1 N–H and O–H groups in total. The maximum Gasteiger partial charge on any atom is 0.236 e. The molecule has 17 heavy (non-hydrogen) atoms. The smallest absolute Gasteiger partial charge is 0.236 e. The Hall–Kier alpha value is -1.55. The zero-order valence-corrected chi connectivity index (χ0v) is 10.7. The van der Waals surface area contributed by atoms with E-state index in [1.165, 1.54) is 0 Å². The molecule has 0 aliphatic heterocycles. The van der Waals surface area contributed by atoms with Gasteiger partial charge in [-0.25, -0.2) is 0 Å². The molecule has 1 rings (SSSR count). The van der Waals surface area contributed by atoms with Crippen molar-refractivity contribution in [2.45, 2.75) is 13.5 Å². The lowest BCUT2D eigenvalue weighted by atomic mass is 10.2. The van der Waals surface area contributed by atoms with Gasteiger partial charge in [0.05, 0.1) is 13.7 Å². The monoisotopic (exact) mass is 236 g/mol. The van der Waals surface area contributed by atoms with E-state index in [-0.39, 0.29) is 5.91 Å². The van der Waals surface area contributed by atoms with Crippen LogP contribution < -0.4 is 10.1 Å². The number of hydrogen-bond acceptors (Lipinski definition) is 3. The van der Waals surface area contributed by atoms with Gasteiger partial charge in [-0.05, 0) is 31.7 Å². The summed E-state index contributed by atoms with van der Waals surface area (Å²) in [6.45, 7) is 3.72. The van der Waals surface area contributed by atoms with Crippen molar-refractivity contribution in [2.75, 3.05) is 27.2 Å². The molecule has 0 atom stereocenters. The van der Waals surface area contributed by atoms with Crippen LogP contribution in [-0.4, -0.2) is 38.1 Å². The lowest BCUT2D eigenvalue weighted by molar-refractivity contribution is -0.130. The highest BCUT2D eigenvalue weighted by atomic mass is 16.5. The van der Waals surface area contributed by atoms with Crippen LogP contribution in [0.1, 0.15) is 12.5 Å². The molecule has 0 aliphatic rings. The molecule has 0 heterocycles. The third-order valence-electron chi connectivity index (χ3n) is 2.59. The molecular formula is C13H20N2O2. The molecule has 0 aliphatic carbocycles. The molecule has 1 amide bonds. The van der Waals surface area contributed by atoms with Gasteiger partial charge in [0.25, 0.3) is 0 Å². The number of likely N-dealkylation sites (N-methyl/N-ethyl adjacent to an activating group) is 2.